The van der Waals surface area contributed by atoms with Crippen LogP contribution in [0.15, 0.2) is 0 Å². The summed E-state index contributed by atoms with van der Waals surface area (Å²) in [7, 11) is 13.6. The van der Waals surface area contributed by atoms with E-state index in [1.54, 1.807) is 6.92 Å². The zero-order chi connectivity index (χ0) is 26.1. The van der Waals surface area contributed by atoms with Crippen molar-refractivity contribution in [3.8, 4) is 0 Å². The second-order valence-electron chi connectivity index (χ2n) is 10.3. The second kappa shape index (κ2) is 13.5. The van der Waals surface area contributed by atoms with Gasteiger partial charge in [-0.1, -0.05) is 60.3 Å². The Labute approximate surface area is 206 Å². The standard InChI is InChI=1S/C24H46B3N2O4/c1-9-13-21(5,19(30)18-29(27-25)24(8,33)16-12-4)23(7,15-11-3)28(26)17-20(31)22(6,32)14-10-2/h32-33H,9-18H2,1-8H3. The van der Waals surface area contributed by atoms with Crippen molar-refractivity contribution in [2.75, 3.05) is 13.1 Å². The van der Waals surface area contributed by atoms with E-state index in [9.17, 15) is 19.8 Å². The highest BCUT2D eigenvalue weighted by molar-refractivity contribution is 6.87. The minimum absolute atomic E-state index is 0.0609. The summed E-state index contributed by atoms with van der Waals surface area (Å²) >= 11 is 0. The van der Waals surface area contributed by atoms with E-state index < -0.39 is 22.3 Å². The van der Waals surface area contributed by atoms with Crippen LogP contribution in [0.2, 0.25) is 0 Å². The minimum Gasteiger partial charge on any atom is -0.382 e. The van der Waals surface area contributed by atoms with Gasteiger partial charge in [-0.05, 0) is 46.5 Å². The number of hydrogen-bond donors (Lipinski definition) is 2. The Morgan fingerprint density at radius 1 is 0.788 bits per heavy atom. The summed E-state index contributed by atoms with van der Waals surface area (Å²) in [5.74, 6) is -0.454. The highest BCUT2D eigenvalue weighted by Gasteiger charge is 2.51. The quantitative estimate of drug-likeness (QED) is 0.243. The first-order valence-corrected chi connectivity index (χ1v) is 12.5. The number of ketones is 2. The van der Waals surface area contributed by atoms with Gasteiger partial charge in [0.15, 0.2) is 26.9 Å². The van der Waals surface area contributed by atoms with Crippen molar-refractivity contribution < 1.29 is 19.8 Å². The molecule has 4 unspecified atom stereocenters. The van der Waals surface area contributed by atoms with Crippen LogP contribution in [0.25, 0.3) is 0 Å². The van der Waals surface area contributed by atoms with Crippen molar-refractivity contribution in [3.05, 3.63) is 0 Å². The van der Waals surface area contributed by atoms with Crippen LogP contribution in [0.3, 0.4) is 0 Å². The largest absolute Gasteiger partial charge is 0.382 e. The number of aliphatic hydroxyl groups is 2. The molecule has 0 aromatic carbocycles. The highest BCUT2D eigenvalue weighted by Crippen LogP contribution is 2.44. The summed E-state index contributed by atoms with van der Waals surface area (Å²) in [5.41, 5.74) is -4.46. The fourth-order valence-corrected chi connectivity index (χ4v) is 4.89. The first-order chi connectivity index (χ1) is 15.1. The van der Waals surface area contributed by atoms with Crippen LogP contribution in [-0.4, -0.2) is 84.4 Å². The van der Waals surface area contributed by atoms with Gasteiger partial charge >= 0.3 is 0 Å². The average molecular weight is 459 g/mol. The first-order valence-electron chi connectivity index (χ1n) is 12.5. The predicted molar refractivity (Wildman–Crippen MR) is 138 cm³/mol. The van der Waals surface area contributed by atoms with Gasteiger partial charge in [-0.3, -0.25) is 9.59 Å². The lowest BCUT2D eigenvalue weighted by molar-refractivity contribution is -0.145. The molecule has 0 saturated heterocycles. The van der Waals surface area contributed by atoms with Gasteiger partial charge in [-0.25, -0.2) is 0 Å². The molecule has 0 heterocycles. The van der Waals surface area contributed by atoms with Crippen LogP contribution < -0.4 is 0 Å². The summed E-state index contributed by atoms with van der Waals surface area (Å²) in [6.45, 7) is 14.7. The molecule has 0 aliphatic carbocycles. The lowest BCUT2D eigenvalue weighted by Crippen LogP contribution is -2.63. The molecule has 0 amide bonds. The molecule has 6 nitrogen and oxygen atoms in total. The van der Waals surface area contributed by atoms with Crippen molar-refractivity contribution in [1.82, 2.24) is 9.62 Å². The van der Waals surface area contributed by atoms with Crippen molar-refractivity contribution in [1.29, 1.82) is 0 Å². The molecule has 9 heteroatoms. The normalized spacial score (nSPS) is 19.4. The molecule has 0 spiro atoms. The summed E-state index contributed by atoms with van der Waals surface area (Å²) in [4.78, 5) is 29.7. The van der Waals surface area contributed by atoms with Crippen LogP contribution in [0.5, 0.6) is 0 Å². The summed E-state index contributed by atoms with van der Waals surface area (Å²) < 4.78 is 0. The number of nitrogens with zero attached hydrogens (tertiary/aromatic N) is 2. The molecule has 185 valence electrons. The van der Waals surface area contributed by atoms with Gasteiger partial charge in [-0.15, -0.1) is 0 Å². The Morgan fingerprint density at radius 3 is 1.70 bits per heavy atom. The molecule has 0 saturated carbocycles. The number of rotatable bonds is 18. The third kappa shape index (κ3) is 7.94. The van der Waals surface area contributed by atoms with E-state index in [0.29, 0.717) is 32.1 Å². The van der Waals surface area contributed by atoms with Crippen LogP contribution in [0.1, 0.15) is 107 Å². The van der Waals surface area contributed by atoms with E-state index in [0.717, 1.165) is 19.3 Å². The summed E-state index contributed by atoms with van der Waals surface area (Å²) in [5, 5.41) is 21.4. The lowest BCUT2D eigenvalue weighted by Gasteiger charge is -2.53. The number of hydrogen-bond acceptors (Lipinski definition) is 6. The van der Waals surface area contributed by atoms with Crippen LogP contribution >= 0.6 is 0 Å². The fraction of sp³-hybridized carbons (Fsp3) is 0.917. The molecule has 0 aliphatic rings. The van der Waals surface area contributed by atoms with Gasteiger partial charge in [-0.2, -0.15) is 0 Å². The molecule has 0 rings (SSSR count). The summed E-state index contributed by atoms with van der Waals surface area (Å²) in [6.07, 6.45) is 4.88. The number of carbonyl (C=O) groups excluding carboxylic acids is 2. The molecule has 2 N–H and O–H groups in total. The van der Waals surface area contributed by atoms with Gasteiger partial charge in [0.1, 0.15) is 11.3 Å². The van der Waals surface area contributed by atoms with Crippen LogP contribution in [0, 0.1) is 5.41 Å². The fourth-order valence-electron chi connectivity index (χ4n) is 4.89. The lowest BCUT2D eigenvalue weighted by atomic mass is 9.60. The van der Waals surface area contributed by atoms with Crippen molar-refractivity contribution in [2.24, 2.45) is 5.41 Å². The molecule has 0 fully saturated rings. The topological polar surface area (TPSA) is 81.1 Å². The zero-order valence-electron chi connectivity index (χ0n) is 22.4. The molecular formula is C24H46B3N2O4. The molecule has 0 aliphatic heterocycles. The zero-order valence-corrected chi connectivity index (χ0v) is 22.4. The molecule has 0 bridgehead atoms. The average Bonchev–Trinajstić information content (AvgIpc) is 2.71. The Hall–Kier alpha value is -0.625. The van der Waals surface area contributed by atoms with Gasteiger partial charge in [0.25, 0.3) is 0 Å². The third-order valence-electron chi connectivity index (χ3n) is 7.41. The molecular weight excluding hydrogens is 413 g/mol. The molecule has 4 atom stereocenters. The Bertz CT molecular complexity index is 633. The predicted octanol–water partition coefficient (Wildman–Crippen LogP) is 2.94. The second-order valence-corrected chi connectivity index (χ2v) is 10.3. The highest BCUT2D eigenvalue weighted by atomic mass is 16.3. The minimum atomic E-state index is -1.46. The maximum atomic E-state index is 13.8. The van der Waals surface area contributed by atoms with Gasteiger partial charge in [0.2, 0.25) is 0 Å². The molecule has 33 heavy (non-hydrogen) atoms. The van der Waals surface area contributed by atoms with E-state index in [-0.39, 0.29) is 24.7 Å². The first kappa shape index (κ1) is 32.4. The summed E-state index contributed by atoms with van der Waals surface area (Å²) in [6, 6.07) is 0. The maximum Gasteiger partial charge on any atom is 0.183 e. The van der Waals surface area contributed by atoms with E-state index in [1.807, 2.05) is 41.5 Å². The smallest absolute Gasteiger partial charge is 0.183 e. The SMILES string of the molecule is [B][B]N(CC(=O)C(C)(CCC)C(C)(CCC)N([B])CC(=O)C(C)(O)CCC)C(C)(O)CCC. The van der Waals surface area contributed by atoms with Crippen LogP contribution in [-0.2, 0) is 9.59 Å². The number of Topliss-reactive ketones (excluding diaryl/α,β-unsaturated/α-hetero) is 2. The van der Waals surface area contributed by atoms with Gasteiger partial charge in [0.05, 0.1) is 0 Å². The third-order valence-corrected chi connectivity index (χ3v) is 7.41. The van der Waals surface area contributed by atoms with E-state index in [2.05, 4.69) is 0 Å². The monoisotopic (exact) mass is 459 g/mol. The van der Waals surface area contributed by atoms with Crippen molar-refractivity contribution in [3.63, 3.8) is 0 Å². The molecule has 0 aromatic rings. The maximum absolute atomic E-state index is 13.8. The van der Waals surface area contributed by atoms with Gasteiger partial charge < -0.3 is 19.8 Å². The Balaban J connectivity index is 6.15. The van der Waals surface area contributed by atoms with Gasteiger partial charge in [0, 0.05) is 31.8 Å². The molecule has 5 radical (unpaired) electrons. The number of carbonyl (C=O) groups is 2. The van der Waals surface area contributed by atoms with Crippen molar-refractivity contribution in [2.45, 2.75) is 124 Å². The van der Waals surface area contributed by atoms with E-state index in [4.69, 9.17) is 15.7 Å². The van der Waals surface area contributed by atoms with Crippen molar-refractivity contribution >= 4 is 34.6 Å². The Kier molecular flexibility index (Phi) is 13.2. The Morgan fingerprint density at radius 2 is 1.27 bits per heavy atom. The van der Waals surface area contributed by atoms with Crippen LogP contribution in [0.4, 0.5) is 0 Å². The van der Waals surface area contributed by atoms with E-state index >= 15 is 0 Å². The molecule has 0 aromatic heterocycles. The van der Waals surface area contributed by atoms with E-state index in [1.165, 1.54) is 23.9 Å².